The summed E-state index contributed by atoms with van der Waals surface area (Å²) in [6.07, 6.45) is 4.94. The topological polar surface area (TPSA) is 43.8 Å². The minimum atomic E-state index is 0.0922. The lowest BCUT2D eigenvalue weighted by Crippen LogP contribution is -2.12. The zero-order chi connectivity index (χ0) is 13.0. The van der Waals surface area contributed by atoms with Crippen molar-refractivity contribution >= 4 is 0 Å². The SMILES string of the molecule is CC(C)C[C@H](N)c1cnn(Cc2ccccc2)c1. The Kier molecular flexibility index (Phi) is 4.15. The molecule has 2 rings (SSSR count). The van der Waals surface area contributed by atoms with Crippen LogP contribution in [0.4, 0.5) is 0 Å². The highest BCUT2D eigenvalue weighted by molar-refractivity contribution is 5.16. The first-order valence-corrected chi connectivity index (χ1v) is 6.47. The molecule has 0 fully saturated rings. The molecule has 0 amide bonds. The van der Waals surface area contributed by atoms with Crippen molar-refractivity contribution in [3.63, 3.8) is 0 Å². The highest BCUT2D eigenvalue weighted by Crippen LogP contribution is 2.18. The van der Waals surface area contributed by atoms with E-state index in [-0.39, 0.29) is 6.04 Å². The molecule has 2 N–H and O–H groups in total. The molecule has 0 aliphatic rings. The molecular weight excluding hydrogens is 222 g/mol. The van der Waals surface area contributed by atoms with Crippen molar-refractivity contribution in [1.82, 2.24) is 9.78 Å². The standard InChI is InChI=1S/C15H21N3/c1-12(2)8-15(16)14-9-17-18(11-14)10-13-6-4-3-5-7-13/h3-7,9,11-12,15H,8,10,16H2,1-2H3/t15-/m0/s1. The molecule has 0 aliphatic heterocycles. The van der Waals surface area contributed by atoms with Crippen molar-refractivity contribution in [2.45, 2.75) is 32.9 Å². The van der Waals surface area contributed by atoms with Crippen LogP contribution in [0.15, 0.2) is 42.7 Å². The molecule has 18 heavy (non-hydrogen) atoms. The van der Waals surface area contributed by atoms with Crippen molar-refractivity contribution in [1.29, 1.82) is 0 Å². The van der Waals surface area contributed by atoms with Gasteiger partial charge in [-0.2, -0.15) is 5.10 Å². The summed E-state index contributed by atoms with van der Waals surface area (Å²) in [5.74, 6) is 0.609. The van der Waals surface area contributed by atoms with Gasteiger partial charge in [-0.05, 0) is 17.9 Å². The van der Waals surface area contributed by atoms with Crippen LogP contribution in [0.3, 0.4) is 0 Å². The minimum absolute atomic E-state index is 0.0922. The van der Waals surface area contributed by atoms with Crippen molar-refractivity contribution < 1.29 is 0 Å². The van der Waals surface area contributed by atoms with Crippen LogP contribution < -0.4 is 5.73 Å². The molecule has 96 valence electrons. The van der Waals surface area contributed by atoms with Crippen LogP contribution in [-0.4, -0.2) is 9.78 Å². The third-order valence-corrected chi connectivity index (χ3v) is 2.99. The summed E-state index contributed by atoms with van der Waals surface area (Å²) in [5.41, 5.74) is 8.53. The van der Waals surface area contributed by atoms with Crippen molar-refractivity contribution in [3.8, 4) is 0 Å². The molecular formula is C15H21N3. The van der Waals surface area contributed by atoms with Gasteiger partial charge in [-0.3, -0.25) is 4.68 Å². The fourth-order valence-corrected chi connectivity index (χ4v) is 2.07. The number of aromatic nitrogens is 2. The van der Waals surface area contributed by atoms with Crippen LogP contribution in [-0.2, 0) is 6.54 Å². The van der Waals surface area contributed by atoms with Crippen molar-refractivity contribution in [2.24, 2.45) is 11.7 Å². The number of hydrogen-bond acceptors (Lipinski definition) is 2. The largest absolute Gasteiger partial charge is 0.324 e. The Morgan fingerprint density at radius 2 is 1.94 bits per heavy atom. The molecule has 1 aromatic carbocycles. The normalized spacial score (nSPS) is 12.9. The number of nitrogens with zero attached hydrogens (tertiary/aromatic N) is 2. The van der Waals surface area contributed by atoms with E-state index in [1.165, 1.54) is 5.56 Å². The predicted molar refractivity (Wildman–Crippen MR) is 74.2 cm³/mol. The monoisotopic (exact) mass is 243 g/mol. The Morgan fingerprint density at radius 3 is 2.61 bits per heavy atom. The molecule has 0 unspecified atom stereocenters. The molecule has 1 atom stereocenters. The Labute approximate surface area is 109 Å². The molecule has 0 saturated carbocycles. The maximum atomic E-state index is 6.15. The third-order valence-electron chi connectivity index (χ3n) is 2.99. The molecule has 0 radical (unpaired) electrons. The van der Waals surface area contributed by atoms with E-state index >= 15 is 0 Å². The van der Waals surface area contributed by atoms with Gasteiger partial charge in [-0.15, -0.1) is 0 Å². The van der Waals surface area contributed by atoms with Gasteiger partial charge in [0.1, 0.15) is 0 Å². The highest BCUT2D eigenvalue weighted by Gasteiger charge is 2.10. The molecule has 3 heteroatoms. The summed E-state index contributed by atoms with van der Waals surface area (Å²) in [7, 11) is 0. The van der Waals surface area contributed by atoms with E-state index < -0.39 is 0 Å². The predicted octanol–water partition coefficient (Wildman–Crippen LogP) is 2.98. The van der Waals surface area contributed by atoms with Crippen molar-refractivity contribution in [2.75, 3.05) is 0 Å². The maximum absolute atomic E-state index is 6.15. The second kappa shape index (κ2) is 5.83. The number of benzene rings is 1. The first-order valence-electron chi connectivity index (χ1n) is 6.47. The lowest BCUT2D eigenvalue weighted by molar-refractivity contribution is 0.509. The molecule has 1 aromatic heterocycles. The Hall–Kier alpha value is -1.61. The van der Waals surface area contributed by atoms with E-state index in [1.54, 1.807) is 0 Å². The van der Waals surface area contributed by atoms with E-state index in [9.17, 15) is 0 Å². The van der Waals surface area contributed by atoms with E-state index in [0.717, 1.165) is 18.5 Å². The van der Waals surface area contributed by atoms with E-state index in [2.05, 4.69) is 37.3 Å². The molecule has 2 aromatic rings. The summed E-state index contributed by atoms with van der Waals surface area (Å²) in [6, 6.07) is 10.4. The second-order valence-corrected chi connectivity index (χ2v) is 5.19. The van der Waals surface area contributed by atoms with Gasteiger partial charge < -0.3 is 5.73 Å². The maximum Gasteiger partial charge on any atom is 0.0659 e. The van der Waals surface area contributed by atoms with Crippen LogP contribution >= 0.6 is 0 Å². The number of nitrogens with two attached hydrogens (primary N) is 1. The fourth-order valence-electron chi connectivity index (χ4n) is 2.07. The third kappa shape index (κ3) is 3.44. The van der Waals surface area contributed by atoms with Gasteiger partial charge in [0.05, 0.1) is 12.7 Å². The Balaban J connectivity index is 2.02. The second-order valence-electron chi connectivity index (χ2n) is 5.19. The average molecular weight is 243 g/mol. The molecule has 3 nitrogen and oxygen atoms in total. The summed E-state index contributed by atoms with van der Waals surface area (Å²) >= 11 is 0. The first kappa shape index (κ1) is 12.8. The van der Waals surface area contributed by atoms with E-state index in [0.29, 0.717) is 5.92 Å². The van der Waals surface area contributed by atoms with Crippen LogP contribution in [0, 0.1) is 5.92 Å². The summed E-state index contributed by atoms with van der Waals surface area (Å²) in [5, 5.41) is 4.38. The molecule has 1 heterocycles. The lowest BCUT2D eigenvalue weighted by atomic mass is 10.0. The molecule has 0 bridgehead atoms. The lowest BCUT2D eigenvalue weighted by Gasteiger charge is -2.11. The number of rotatable bonds is 5. The summed E-state index contributed by atoms with van der Waals surface area (Å²) < 4.78 is 1.95. The highest BCUT2D eigenvalue weighted by atomic mass is 15.3. The van der Waals surface area contributed by atoms with Crippen LogP contribution in [0.25, 0.3) is 0 Å². The summed E-state index contributed by atoms with van der Waals surface area (Å²) in [4.78, 5) is 0. The Morgan fingerprint density at radius 1 is 1.22 bits per heavy atom. The fraction of sp³-hybridized carbons (Fsp3) is 0.400. The average Bonchev–Trinajstić information content (AvgIpc) is 2.78. The van der Waals surface area contributed by atoms with Gasteiger partial charge in [0.25, 0.3) is 0 Å². The quantitative estimate of drug-likeness (QED) is 0.877. The van der Waals surface area contributed by atoms with Crippen LogP contribution in [0.5, 0.6) is 0 Å². The molecule has 0 aliphatic carbocycles. The van der Waals surface area contributed by atoms with Gasteiger partial charge in [0, 0.05) is 17.8 Å². The smallest absolute Gasteiger partial charge is 0.0659 e. The number of hydrogen-bond donors (Lipinski definition) is 1. The van der Waals surface area contributed by atoms with E-state index in [1.807, 2.05) is 29.1 Å². The van der Waals surface area contributed by atoms with Gasteiger partial charge in [-0.25, -0.2) is 0 Å². The van der Waals surface area contributed by atoms with Crippen LogP contribution in [0.1, 0.15) is 37.4 Å². The van der Waals surface area contributed by atoms with Gasteiger partial charge in [-0.1, -0.05) is 44.2 Å². The van der Waals surface area contributed by atoms with Gasteiger partial charge in [0.15, 0.2) is 0 Å². The van der Waals surface area contributed by atoms with E-state index in [4.69, 9.17) is 5.73 Å². The summed E-state index contributed by atoms with van der Waals surface area (Å²) in [6.45, 7) is 5.18. The van der Waals surface area contributed by atoms with Gasteiger partial charge in [0.2, 0.25) is 0 Å². The minimum Gasteiger partial charge on any atom is -0.324 e. The van der Waals surface area contributed by atoms with Gasteiger partial charge >= 0.3 is 0 Å². The Bertz CT molecular complexity index is 473. The zero-order valence-corrected chi connectivity index (χ0v) is 11.1. The van der Waals surface area contributed by atoms with Crippen LogP contribution in [0.2, 0.25) is 0 Å². The molecule has 0 saturated heterocycles. The zero-order valence-electron chi connectivity index (χ0n) is 11.1. The van der Waals surface area contributed by atoms with Crippen molar-refractivity contribution in [3.05, 3.63) is 53.9 Å². The molecule has 0 spiro atoms. The first-order chi connectivity index (χ1) is 8.65.